The highest BCUT2D eigenvalue weighted by Crippen LogP contribution is 2.39. The van der Waals surface area contributed by atoms with Gasteiger partial charge in [-0.05, 0) is 42.5 Å². The molecule has 37 heavy (non-hydrogen) atoms. The number of aryl methyl sites for hydroxylation is 1. The molecule has 2 amide bonds. The first-order valence-electron chi connectivity index (χ1n) is 12.7. The summed E-state index contributed by atoms with van der Waals surface area (Å²) in [7, 11) is 0. The van der Waals surface area contributed by atoms with Crippen molar-refractivity contribution >= 4 is 17.5 Å². The van der Waals surface area contributed by atoms with Gasteiger partial charge >= 0.3 is 0 Å². The summed E-state index contributed by atoms with van der Waals surface area (Å²) in [5.74, 6) is -0.415. The standard InChI is InChI=1S/C29H32N4O4/c1-17(2)26(25-12-18(3)32-37-25)27(35)33-16-22(34)13-24(33)23-14-29(4,28(36)31-23)21-9-7-19(8-10-21)20-6-5-11-30-15-20/h5-12,15,17,22,24,26,34H,13-14,16H2,1-4H3/t22-,24+,26+,29+/m1/s1. The van der Waals surface area contributed by atoms with Gasteiger partial charge in [-0.25, -0.2) is 4.99 Å². The third-order valence-electron chi connectivity index (χ3n) is 7.60. The van der Waals surface area contributed by atoms with Crippen LogP contribution < -0.4 is 0 Å². The van der Waals surface area contributed by atoms with Crippen molar-refractivity contribution in [2.45, 2.75) is 64.0 Å². The molecule has 0 aliphatic carbocycles. The summed E-state index contributed by atoms with van der Waals surface area (Å²) >= 11 is 0. The number of amides is 2. The van der Waals surface area contributed by atoms with Crippen molar-refractivity contribution < 1.29 is 19.2 Å². The van der Waals surface area contributed by atoms with E-state index in [1.165, 1.54) is 0 Å². The minimum Gasteiger partial charge on any atom is -0.391 e. The fraction of sp³-hybridized carbons (Fsp3) is 0.414. The van der Waals surface area contributed by atoms with Gasteiger partial charge in [0.25, 0.3) is 5.91 Å². The Morgan fingerprint density at radius 2 is 1.95 bits per heavy atom. The van der Waals surface area contributed by atoms with E-state index in [4.69, 9.17) is 4.52 Å². The molecule has 8 nitrogen and oxygen atoms in total. The quantitative estimate of drug-likeness (QED) is 0.546. The lowest BCUT2D eigenvalue weighted by atomic mass is 9.78. The minimum atomic E-state index is -0.829. The van der Waals surface area contributed by atoms with Crippen LogP contribution in [0, 0.1) is 12.8 Å². The third kappa shape index (κ3) is 4.62. The molecule has 5 rings (SSSR count). The van der Waals surface area contributed by atoms with E-state index in [1.807, 2.05) is 64.1 Å². The molecule has 4 atom stereocenters. The largest absolute Gasteiger partial charge is 0.391 e. The predicted molar refractivity (Wildman–Crippen MR) is 139 cm³/mol. The van der Waals surface area contributed by atoms with Gasteiger partial charge in [-0.2, -0.15) is 0 Å². The van der Waals surface area contributed by atoms with E-state index >= 15 is 0 Å². The summed E-state index contributed by atoms with van der Waals surface area (Å²) in [5, 5.41) is 14.5. The SMILES string of the molecule is Cc1cc([C@@H](C(=O)N2C[C@H](O)C[C@H]2C2=NC(=O)[C@](C)(c3ccc(-c4cccnc4)cc3)C2)C(C)C)on1. The second kappa shape index (κ2) is 9.67. The maximum absolute atomic E-state index is 13.8. The van der Waals surface area contributed by atoms with Crippen molar-refractivity contribution in [2.75, 3.05) is 6.54 Å². The maximum atomic E-state index is 13.8. The Labute approximate surface area is 216 Å². The predicted octanol–water partition coefficient (Wildman–Crippen LogP) is 4.08. The summed E-state index contributed by atoms with van der Waals surface area (Å²) in [5.41, 5.74) is 3.42. The highest BCUT2D eigenvalue weighted by molar-refractivity contribution is 6.11. The molecule has 8 heteroatoms. The molecule has 2 aliphatic rings. The summed E-state index contributed by atoms with van der Waals surface area (Å²) < 4.78 is 5.46. The van der Waals surface area contributed by atoms with Crippen molar-refractivity contribution in [2.24, 2.45) is 10.9 Å². The summed E-state index contributed by atoms with van der Waals surface area (Å²) in [6, 6.07) is 13.1. The van der Waals surface area contributed by atoms with Crippen LogP contribution >= 0.6 is 0 Å². The molecule has 0 radical (unpaired) electrons. The first-order chi connectivity index (χ1) is 17.7. The van der Waals surface area contributed by atoms with Crippen LogP contribution in [-0.2, 0) is 15.0 Å². The van der Waals surface area contributed by atoms with E-state index in [1.54, 1.807) is 23.4 Å². The van der Waals surface area contributed by atoms with Gasteiger partial charge < -0.3 is 14.5 Å². The molecule has 0 unspecified atom stereocenters. The van der Waals surface area contributed by atoms with E-state index in [0.29, 0.717) is 30.0 Å². The van der Waals surface area contributed by atoms with Gasteiger partial charge in [0.15, 0.2) is 0 Å². The number of rotatable bonds is 6. The molecule has 1 N–H and O–H groups in total. The van der Waals surface area contributed by atoms with Crippen LogP contribution in [0.2, 0.25) is 0 Å². The van der Waals surface area contributed by atoms with Crippen LogP contribution in [0.25, 0.3) is 11.1 Å². The molecule has 2 aromatic heterocycles. The first-order valence-corrected chi connectivity index (χ1v) is 12.7. The van der Waals surface area contributed by atoms with Crippen molar-refractivity contribution in [3.8, 4) is 11.1 Å². The zero-order chi connectivity index (χ0) is 26.3. The molecule has 3 aromatic rings. The lowest BCUT2D eigenvalue weighted by Crippen LogP contribution is -2.44. The number of pyridine rings is 1. The van der Waals surface area contributed by atoms with E-state index in [9.17, 15) is 14.7 Å². The maximum Gasteiger partial charge on any atom is 0.256 e. The number of benzene rings is 1. The van der Waals surface area contributed by atoms with E-state index in [-0.39, 0.29) is 24.3 Å². The Hall–Kier alpha value is -3.65. The molecule has 192 valence electrons. The van der Waals surface area contributed by atoms with Crippen molar-refractivity contribution in [3.63, 3.8) is 0 Å². The van der Waals surface area contributed by atoms with Crippen molar-refractivity contribution in [3.05, 3.63) is 71.9 Å². The normalized spacial score (nSPS) is 24.5. The van der Waals surface area contributed by atoms with E-state index in [0.717, 1.165) is 16.7 Å². The molecule has 1 saturated heterocycles. The summed E-state index contributed by atoms with van der Waals surface area (Å²) in [4.78, 5) is 37.3. The topological polar surface area (TPSA) is 109 Å². The molecule has 4 heterocycles. The molecule has 2 aliphatic heterocycles. The number of likely N-dealkylation sites (tertiary alicyclic amines) is 1. The van der Waals surface area contributed by atoms with Crippen LogP contribution in [0.15, 0.2) is 64.4 Å². The van der Waals surface area contributed by atoms with Gasteiger partial charge in [0.2, 0.25) is 5.91 Å². The number of aromatic nitrogens is 2. The van der Waals surface area contributed by atoms with Gasteiger partial charge in [-0.3, -0.25) is 14.6 Å². The van der Waals surface area contributed by atoms with Gasteiger partial charge in [0, 0.05) is 43.6 Å². The van der Waals surface area contributed by atoms with Gasteiger partial charge in [0.05, 0.1) is 23.3 Å². The number of nitrogens with zero attached hydrogens (tertiary/aromatic N) is 4. The highest BCUT2D eigenvalue weighted by Gasteiger charge is 2.48. The number of aliphatic hydroxyl groups is 1. The fourth-order valence-corrected chi connectivity index (χ4v) is 5.53. The van der Waals surface area contributed by atoms with E-state index in [2.05, 4.69) is 15.1 Å². The summed E-state index contributed by atoms with van der Waals surface area (Å²) in [6.45, 7) is 7.84. The Morgan fingerprint density at radius 1 is 1.19 bits per heavy atom. The fourth-order valence-electron chi connectivity index (χ4n) is 5.53. The average molecular weight is 501 g/mol. The van der Waals surface area contributed by atoms with Gasteiger partial charge in [-0.1, -0.05) is 49.3 Å². The Kier molecular flexibility index (Phi) is 6.54. The molecule has 0 saturated carbocycles. The zero-order valence-corrected chi connectivity index (χ0v) is 21.6. The highest BCUT2D eigenvalue weighted by atomic mass is 16.5. The monoisotopic (exact) mass is 500 g/mol. The molecular formula is C29H32N4O4. The van der Waals surface area contributed by atoms with Crippen LogP contribution in [-0.4, -0.2) is 56.4 Å². The Balaban J connectivity index is 1.39. The van der Waals surface area contributed by atoms with Crippen molar-refractivity contribution in [1.82, 2.24) is 15.0 Å². The number of hydrogen-bond donors (Lipinski definition) is 1. The number of carbonyl (C=O) groups is 2. The molecule has 0 bridgehead atoms. The number of aliphatic imine (C=N–C) groups is 1. The number of hydrogen-bond acceptors (Lipinski definition) is 6. The second-order valence-electron chi connectivity index (χ2n) is 10.7. The lowest BCUT2D eigenvalue weighted by Gasteiger charge is -2.30. The van der Waals surface area contributed by atoms with Crippen LogP contribution in [0.3, 0.4) is 0 Å². The van der Waals surface area contributed by atoms with Crippen LogP contribution in [0.1, 0.15) is 56.5 Å². The molecule has 1 fully saturated rings. The van der Waals surface area contributed by atoms with Gasteiger partial charge in [-0.15, -0.1) is 0 Å². The smallest absolute Gasteiger partial charge is 0.256 e. The van der Waals surface area contributed by atoms with Crippen molar-refractivity contribution in [1.29, 1.82) is 0 Å². The van der Waals surface area contributed by atoms with E-state index < -0.39 is 23.5 Å². The second-order valence-corrected chi connectivity index (χ2v) is 10.7. The first kappa shape index (κ1) is 25.0. The Morgan fingerprint density at radius 3 is 2.57 bits per heavy atom. The number of β-amino-alcohol motifs (C(OH)–C–C–N with tert-alkyl or cyclic N) is 1. The average Bonchev–Trinajstić information content (AvgIpc) is 3.57. The number of aliphatic hydroxyl groups excluding tert-OH is 1. The molecule has 0 spiro atoms. The molecular weight excluding hydrogens is 468 g/mol. The summed E-state index contributed by atoms with van der Waals surface area (Å²) in [6.07, 6.45) is 3.61. The zero-order valence-electron chi connectivity index (χ0n) is 21.6. The van der Waals surface area contributed by atoms with Crippen LogP contribution in [0.4, 0.5) is 0 Å². The Bertz CT molecular complexity index is 1330. The van der Waals surface area contributed by atoms with Crippen LogP contribution in [0.5, 0.6) is 0 Å². The third-order valence-corrected chi connectivity index (χ3v) is 7.60. The lowest BCUT2D eigenvalue weighted by molar-refractivity contribution is -0.134. The number of carbonyl (C=O) groups excluding carboxylic acids is 2. The minimum absolute atomic E-state index is 0.0333. The van der Waals surface area contributed by atoms with Gasteiger partial charge in [0.1, 0.15) is 11.7 Å². The molecule has 1 aromatic carbocycles.